The third-order valence-electron chi connectivity index (χ3n) is 3.72. The summed E-state index contributed by atoms with van der Waals surface area (Å²) in [5.41, 5.74) is -1.18. The topological polar surface area (TPSA) is 69.6 Å². The van der Waals surface area contributed by atoms with Crippen LogP contribution in [0.2, 0.25) is 0 Å². The highest BCUT2D eigenvalue weighted by molar-refractivity contribution is 5.85. The van der Waals surface area contributed by atoms with Crippen molar-refractivity contribution in [2.75, 3.05) is 13.6 Å². The molecule has 5 heteroatoms. The fraction of sp³-hybridized carbons (Fsp3) is 0.833. The van der Waals surface area contributed by atoms with Crippen LogP contribution in [-0.2, 0) is 4.79 Å². The summed E-state index contributed by atoms with van der Waals surface area (Å²) in [5.74, 6) is -0.262. The standard InChI is InChI=1S/C12H22N2O3/c1-12(2,10(15)16)14(3)11(17)13-8-7-9-5-4-6-9/h9H,4-8H2,1-3H3,(H,13,17)(H,15,16). The number of hydrogen-bond acceptors (Lipinski definition) is 2. The molecule has 0 bridgehead atoms. The summed E-state index contributed by atoms with van der Waals surface area (Å²) in [7, 11) is 1.51. The second-order valence-corrected chi connectivity index (χ2v) is 5.24. The minimum Gasteiger partial charge on any atom is -0.480 e. The number of carbonyl (C=O) groups excluding carboxylic acids is 1. The van der Waals surface area contributed by atoms with E-state index in [9.17, 15) is 9.59 Å². The van der Waals surface area contributed by atoms with Gasteiger partial charge in [-0.25, -0.2) is 9.59 Å². The average molecular weight is 242 g/mol. The van der Waals surface area contributed by atoms with E-state index in [1.54, 1.807) is 0 Å². The second-order valence-electron chi connectivity index (χ2n) is 5.24. The van der Waals surface area contributed by atoms with E-state index >= 15 is 0 Å². The van der Waals surface area contributed by atoms with E-state index in [1.807, 2.05) is 0 Å². The number of urea groups is 1. The molecule has 0 aromatic rings. The fourth-order valence-corrected chi connectivity index (χ4v) is 1.68. The predicted octanol–water partition coefficient (Wildman–Crippen LogP) is 1.68. The number of nitrogens with zero attached hydrogens (tertiary/aromatic N) is 1. The van der Waals surface area contributed by atoms with Gasteiger partial charge in [0.05, 0.1) is 0 Å². The predicted molar refractivity (Wildman–Crippen MR) is 64.8 cm³/mol. The van der Waals surface area contributed by atoms with Crippen molar-refractivity contribution in [2.45, 2.75) is 45.1 Å². The van der Waals surface area contributed by atoms with Crippen LogP contribution in [0.5, 0.6) is 0 Å². The number of carboxylic acid groups (broad SMARTS) is 1. The third-order valence-corrected chi connectivity index (χ3v) is 3.72. The highest BCUT2D eigenvalue weighted by Crippen LogP contribution is 2.28. The Bertz CT molecular complexity index is 298. The first-order valence-electron chi connectivity index (χ1n) is 6.10. The van der Waals surface area contributed by atoms with Gasteiger partial charge in [0, 0.05) is 13.6 Å². The van der Waals surface area contributed by atoms with E-state index in [1.165, 1.54) is 45.1 Å². The van der Waals surface area contributed by atoms with Crippen molar-refractivity contribution in [3.05, 3.63) is 0 Å². The maximum absolute atomic E-state index is 11.7. The molecule has 0 radical (unpaired) electrons. The molecule has 1 aliphatic rings. The van der Waals surface area contributed by atoms with Crippen molar-refractivity contribution in [1.29, 1.82) is 0 Å². The monoisotopic (exact) mass is 242 g/mol. The first-order valence-corrected chi connectivity index (χ1v) is 6.10. The SMILES string of the molecule is CN(C(=O)NCCC1CCC1)C(C)(C)C(=O)O. The lowest BCUT2D eigenvalue weighted by molar-refractivity contribution is -0.146. The molecule has 5 nitrogen and oxygen atoms in total. The second kappa shape index (κ2) is 5.38. The Kier molecular flexibility index (Phi) is 4.37. The molecule has 2 N–H and O–H groups in total. The first kappa shape index (κ1) is 13.8. The maximum Gasteiger partial charge on any atom is 0.329 e. The van der Waals surface area contributed by atoms with Crippen LogP contribution < -0.4 is 5.32 Å². The molecule has 1 aliphatic carbocycles. The van der Waals surface area contributed by atoms with Gasteiger partial charge < -0.3 is 15.3 Å². The van der Waals surface area contributed by atoms with Crippen LogP contribution >= 0.6 is 0 Å². The van der Waals surface area contributed by atoms with E-state index < -0.39 is 11.5 Å². The van der Waals surface area contributed by atoms with Crippen molar-refractivity contribution in [3.8, 4) is 0 Å². The number of carbonyl (C=O) groups is 2. The minimum atomic E-state index is -1.18. The molecule has 1 saturated carbocycles. The molecule has 2 amide bonds. The molecule has 0 aromatic carbocycles. The Labute approximate surface area is 102 Å². The summed E-state index contributed by atoms with van der Waals surface area (Å²) in [6, 6.07) is -0.322. The Morgan fingerprint density at radius 3 is 2.41 bits per heavy atom. The van der Waals surface area contributed by atoms with Gasteiger partial charge >= 0.3 is 12.0 Å². The molecule has 1 rings (SSSR count). The summed E-state index contributed by atoms with van der Waals surface area (Å²) in [5, 5.41) is 11.8. The smallest absolute Gasteiger partial charge is 0.329 e. The Morgan fingerprint density at radius 1 is 1.41 bits per heavy atom. The molecule has 98 valence electrons. The van der Waals surface area contributed by atoms with Crippen LogP contribution in [0.3, 0.4) is 0 Å². The summed E-state index contributed by atoms with van der Waals surface area (Å²) in [4.78, 5) is 23.9. The molecule has 0 saturated heterocycles. The Hall–Kier alpha value is -1.26. The number of likely N-dealkylation sites (N-methyl/N-ethyl adjacent to an activating group) is 1. The normalized spacial score (nSPS) is 16.2. The van der Waals surface area contributed by atoms with Gasteiger partial charge in [0.2, 0.25) is 0 Å². The number of nitrogens with one attached hydrogen (secondary N) is 1. The van der Waals surface area contributed by atoms with Gasteiger partial charge in [-0.05, 0) is 26.2 Å². The highest BCUT2D eigenvalue weighted by atomic mass is 16.4. The van der Waals surface area contributed by atoms with Gasteiger partial charge in [-0.1, -0.05) is 19.3 Å². The molecule has 0 aliphatic heterocycles. The Morgan fingerprint density at radius 2 is 2.00 bits per heavy atom. The van der Waals surface area contributed by atoms with Crippen molar-refractivity contribution in [1.82, 2.24) is 10.2 Å². The minimum absolute atomic E-state index is 0.322. The molecular formula is C12H22N2O3. The zero-order valence-corrected chi connectivity index (χ0v) is 10.8. The summed E-state index contributed by atoms with van der Waals surface area (Å²) >= 11 is 0. The van der Waals surface area contributed by atoms with Crippen molar-refractivity contribution in [3.63, 3.8) is 0 Å². The number of rotatable bonds is 5. The Balaban J connectivity index is 2.32. The van der Waals surface area contributed by atoms with Gasteiger partial charge in [0.15, 0.2) is 0 Å². The fourth-order valence-electron chi connectivity index (χ4n) is 1.68. The number of aliphatic carboxylic acids is 1. The molecule has 0 spiro atoms. The van der Waals surface area contributed by atoms with Crippen LogP contribution in [-0.4, -0.2) is 41.1 Å². The van der Waals surface area contributed by atoms with E-state index in [0.29, 0.717) is 6.54 Å². The zero-order chi connectivity index (χ0) is 13.1. The molecule has 0 heterocycles. The van der Waals surface area contributed by atoms with E-state index in [4.69, 9.17) is 5.11 Å². The largest absolute Gasteiger partial charge is 0.480 e. The van der Waals surface area contributed by atoms with Gasteiger partial charge in [0.25, 0.3) is 0 Å². The van der Waals surface area contributed by atoms with Crippen molar-refractivity contribution in [2.24, 2.45) is 5.92 Å². The zero-order valence-electron chi connectivity index (χ0n) is 10.8. The van der Waals surface area contributed by atoms with Crippen LogP contribution in [0.25, 0.3) is 0 Å². The van der Waals surface area contributed by atoms with Gasteiger partial charge in [-0.2, -0.15) is 0 Å². The first-order chi connectivity index (χ1) is 7.85. The van der Waals surface area contributed by atoms with E-state index in [-0.39, 0.29) is 6.03 Å². The van der Waals surface area contributed by atoms with Crippen LogP contribution in [0.4, 0.5) is 4.79 Å². The van der Waals surface area contributed by atoms with Gasteiger partial charge in [-0.3, -0.25) is 0 Å². The lowest BCUT2D eigenvalue weighted by Crippen LogP contribution is -2.54. The molecular weight excluding hydrogens is 220 g/mol. The summed E-state index contributed by atoms with van der Waals surface area (Å²) < 4.78 is 0. The maximum atomic E-state index is 11.7. The van der Waals surface area contributed by atoms with Gasteiger partial charge in [-0.15, -0.1) is 0 Å². The molecule has 0 unspecified atom stereocenters. The molecule has 0 aromatic heterocycles. The summed E-state index contributed by atoms with van der Waals surface area (Å²) in [6.07, 6.45) is 4.80. The van der Waals surface area contributed by atoms with Gasteiger partial charge in [0.1, 0.15) is 5.54 Å². The van der Waals surface area contributed by atoms with Crippen molar-refractivity contribution >= 4 is 12.0 Å². The average Bonchev–Trinajstić information content (AvgIpc) is 2.19. The van der Waals surface area contributed by atoms with Crippen LogP contribution in [0, 0.1) is 5.92 Å². The van der Waals surface area contributed by atoms with E-state index in [0.717, 1.165) is 12.3 Å². The number of amides is 2. The lowest BCUT2D eigenvalue weighted by atomic mass is 9.83. The third kappa shape index (κ3) is 3.35. The number of carboxylic acids is 1. The number of hydrogen-bond donors (Lipinski definition) is 2. The lowest BCUT2D eigenvalue weighted by Gasteiger charge is -2.32. The summed E-state index contributed by atoms with van der Waals surface area (Å²) in [6.45, 7) is 3.66. The quantitative estimate of drug-likeness (QED) is 0.770. The van der Waals surface area contributed by atoms with Crippen LogP contribution in [0.15, 0.2) is 0 Å². The highest BCUT2D eigenvalue weighted by Gasteiger charge is 2.35. The molecule has 1 fully saturated rings. The molecule has 17 heavy (non-hydrogen) atoms. The van der Waals surface area contributed by atoms with E-state index in [2.05, 4.69) is 5.32 Å². The van der Waals surface area contributed by atoms with Crippen molar-refractivity contribution < 1.29 is 14.7 Å². The molecule has 0 atom stereocenters. The van der Waals surface area contributed by atoms with Crippen LogP contribution in [0.1, 0.15) is 39.5 Å².